The van der Waals surface area contributed by atoms with Crippen LogP contribution in [0.2, 0.25) is 0 Å². The zero-order chi connectivity index (χ0) is 15.5. The van der Waals surface area contributed by atoms with Crippen LogP contribution in [0.5, 0.6) is 0 Å². The topological polar surface area (TPSA) is 71.0 Å². The Bertz CT molecular complexity index is 667. The molecule has 0 bridgehead atoms. The van der Waals surface area contributed by atoms with Crippen molar-refractivity contribution < 1.29 is 4.79 Å². The van der Waals surface area contributed by atoms with E-state index in [2.05, 4.69) is 32.1 Å². The summed E-state index contributed by atoms with van der Waals surface area (Å²) in [5.74, 6) is 0.824. The smallest absolute Gasteiger partial charge is 0.263 e. The number of fused-ring (bicyclic) bond motifs is 1. The molecule has 0 radical (unpaired) electrons. The molecule has 0 aliphatic carbocycles. The molecule has 2 aromatic heterocycles. The van der Waals surface area contributed by atoms with Crippen molar-refractivity contribution in [2.24, 2.45) is 0 Å². The summed E-state index contributed by atoms with van der Waals surface area (Å²) < 4.78 is 0. The first-order valence-electron chi connectivity index (χ1n) is 7.50. The SMILES string of the molecule is CCCCN(C)c1cnc(-c2nc3c(s2)C(=O)NCC3)cn1. The molecular weight excluding hydrogens is 298 g/mol. The van der Waals surface area contributed by atoms with E-state index in [-0.39, 0.29) is 5.91 Å². The fourth-order valence-corrected chi connectivity index (χ4v) is 3.31. The number of amides is 1. The van der Waals surface area contributed by atoms with Crippen LogP contribution in [0.3, 0.4) is 0 Å². The summed E-state index contributed by atoms with van der Waals surface area (Å²) in [6.45, 7) is 3.79. The van der Waals surface area contributed by atoms with Crippen LogP contribution in [0, 0.1) is 0 Å². The van der Waals surface area contributed by atoms with E-state index in [9.17, 15) is 4.79 Å². The van der Waals surface area contributed by atoms with Crippen molar-refractivity contribution in [1.82, 2.24) is 20.3 Å². The molecule has 0 spiro atoms. The predicted molar refractivity (Wildman–Crippen MR) is 87.4 cm³/mol. The third-order valence-corrected chi connectivity index (χ3v) is 4.77. The van der Waals surface area contributed by atoms with E-state index in [1.165, 1.54) is 11.3 Å². The van der Waals surface area contributed by atoms with Crippen molar-refractivity contribution in [3.63, 3.8) is 0 Å². The van der Waals surface area contributed by atoms with Gasteiger partial charge in [0.05, 0.1) is 18.1 Å². The number of anilines is 1. The van der Waals surface area contributed by atoms with Crippen LogP contribution in [0.15, 0.2) is 12.4 Å². The van der Waals surface area contributed by atoms with Crippen LogP contribution < -0.4 is 10.2 Å². The maximum Gasteiger partial charge on any atom is 0.263 e. The van der Waals surface area contributed by atoms with Gasteiger partial charge >= 0.3 is 0 Å². The Kier molecular flexibility index (Phi) is 4.33. The van der Waals surface area contributed by atoms with E-state index in [1.54, 1.807) is 12.4 Å². The molecule has 1 aliphatic heterocycles. The van der Waals surface area contributed by atoms with Gasteiger partial charge in [0.2, 0.25) is 0 Å². The molecule has 0 saturated heterocycles. The molecule has 6 nitrogen and oxygen atoms in total. The van der Waals surface area contributed by atoms with Crippen molar-refractivity contribution in [2.75, 3.05) is 25.0 Å². The van der Waals surface area contributed by atoms with Crippen LogP contribution in [0.1, 0.15) is 35.1 Å². The Hall–Kier alpha value is -2.02. The number of hydrogen-bond acceptors (Lipinski definition) is 6. The molecule has 1 N–H and O–H groups in total. The lowest BCUT2D eigenvalue weighted by Crippen LogP contribution is -2.30. The number of nitrogens with one attached hydrogen (secondary N) is 1. The maximum absolute atomic E-state index is 11.8. The minimum absolute atomic E-state index is 0.0334. The molecule has 1 amide bonds. The summed E-state index contributed by atoms with van der Waals surface area (Å²) in [4.78, 5) is 28.0. The van der Waals surface area contributed by atoms with Gasteiger partial charge in [0.1, 0.15) is 21.4 Å². The van der Waals surface area contributed by atoms with Gasteiger partial charge < -0.3 is 10.2 Å². The van der Waals surface area contributed by atoms with Crippen molar-refractivity contribution in [1.29, 1.82) is 0 Å². The lowest BCUT2D eigenvalue weighted by molar-refractivity contribution is 0.0950. The maximum atomic E-state index is 11.8. The highest BCUT2D eigenvalue weighted by atomic mass is 32.1. The number of aromatic nitrogens is 3. The first-order chi connectivity index (χ1) is 10.7. The van der Waals surface area contributed by atoms with Gasteiger partial charge in [-0.15, -0.1) is 11.3 Å². The summed E-state index contributed by atoms with van der Waals surface area (Å²) in [5, 5.41) is 3.60. The van der Waals surface area contributed by atoms with E-state index in [0.29, 0.717) is 11.4 Å². The number of unbranched alkanes of at least 4 members (excludes halogenated alkanes) is 1. The molecule has 3 rings (SSSR count). The predicted octanol–water partition coefficient (Wildman–Crippen LogP) is 2.12. The molecule has 2 aromatic rings. The molecule has 22 heavy (non-hydrogen) atoms. The fraction of sp³-hybridized carbons (Fsp3) is 0.467. The van der Waals surface area contributed by atoms with Crippen molar-refractivity contribution >= 4 is 23.1 Å². The van der Waals surface area contributed by atoms with Crippen molar-refractivity contribution in [2.45, 2.75) is 26.2 Å². The number of carbonyl (C=O) groups is 1. The van der Waals surface area contributed by atoms with Crippen LogP contribution in [0.4, 0.5) is 5.82 Å². The normalized spacial score (nSPS) is 13.6. The largest absolute Gasteiger partial charge is 0.358 e. The van der Waals surface area contributed by atoms with Gasteiger partial charge in [-0.3, -0.25) is 4.79 Å². The molecule has 1 aliphatic rings. The van der Waals surface area contributed by atoms with Gasteiger partial charge in [-0.05, 0) is 6.42 Å². The van der Waals surface area contributed by atoms with Gasteiger partial charge in [-0.1, -0.05) is 13.3 Å². The van der Waals surface area contributed by atoms with E-state index in [0.717, 1.165) is 48.0 Å². The minimum Gasteiger partial charge on any atom is -0.358 e. The van der Waals surface area contributed by atoms with Crippen LogP contribution in [-0.4, -0.2) is 41.0 Å². The lowest BCUT2D eigenvalue weighted by atomic mass is 10.2. The molecule has 3 heterocycles. The molecule has 0 fully saturated rings. The molecule has 116 valence electrons. The monoisotopic (exact) mass is 317 g/mol. The second-order valence-corrected chi connectivity index (χ2v) is 6.33. The highest BCUT2D eigenvalue weighted by Crippen LogP contribution is 2.28. The van der Waals surface area contributed by atoms with Crippen LogP contribution in [-0.2, 0) is 6.42 Å². The summed E-state index contributed by atoms with van der Waals surface area (Å²) in [7, 11) is 2.02. The summed E-state index contributed by atoms with van der Waals surface area (Å²) in [6.07, 6.45) is 6.57. The average molecular weight is 317 g/mol. The molecular formula is C15H19N5OS. The standard InChI is InChI=1S/C15H19N5OS/c1-3-4-7-20(2)12-9-17-11(8-18-12)15-19-10-5-6-16-14(21)13(10)22-15/h8-9H,3-7H2,1-2H3,(H,16,21). The number of carbonyl (C=O) groups excluding carboxylic acids is 1. The number of thiazole rings is 1. The minimum atomic E-state index is -0.0334. The van der Waals surface area contributed by atoms with E-state index in [1.807, 2.05) is 7.05 Å². The Morgan fingerprint density at radius 2 is 2.23 bits per heavy atom. The second-order valence-electron chi connectivity index (χ2n) is 5.34. The fourth-order valence-electron chi connectivity index (χ4n) is 2.32. The summed E-state index contributed by atoms with van der Waals surface area (Å²) in [6, 6.07) is 0. The van der Waals surface area contributed by atoms with Crippen molar-refractivity contribution in [3.05, 3.63) is 23.0 Å². The van der Waals surface area contributed by atoms with Crippen LogP contribution in [0.25, 0.3) is 10.7 Å². The van der Waals surface area contributed by atoms with Crippen molar-refractivity contribution in [3.8, 4) is 10.7 Å². The molecule has 0 atom stereocenters. The lowest BCUT2D eigenvalue weighted by Gasteiger charge is -2.16. The molecule has 0 unspecified atom stereocenters. The second kappa shape index (κ2) is 6.39. The summed E-state index contributed by atoms with van der Waals surface area (Å²) in [5.41, 5.74) is 1.59. The first kappa shape index (κ1) is 14.9. The Labute approximate surface area is 133 Å². The average Bonchev–Trinajstić information content (AvgIpc) is 2.98. The van der Waals surface area contributed by atoms with E-state index in [4.69, 9.17) is 0 Å². The molecule has 7 heteroatoms. The van der Waals surface area contributed by atoms with Gasteiger partial charge in [0.25, 0.3) is 5.91 Å². The van der Waals surface area contributed by atoms with Crippen LogP contribution >= 0.6 is 11.3 Å². The number of hydrogen-bond donors (Lipinski definition) is 1. The highest BCUT2D eigenvalue weighted by Gasteiger charge is 2.22. The third kappa shape index (κ3) is 2.94. The number of rotatable bonds is 5. The Morgan fingerprint density at radius 3 is 2.91 bits per heavy atom. The van der Waals surface area contributed by atoms with Gasteiger partial charge in [0, 0.05) is 26.6 Å². The van der Waals surface area contributed by atoms with E-state index < -0.39 is 0 Å². The number of nitrogens with zero attached hydrogens (tertiary/aromatic N) is 4. The highest BCUT2D eigenvalue weighted by molar-refractivity contribution is 7.17. The molecule has 0 saturated carbocycles. The van der Waals surface area contributed by atoms with Gasteiger partial charge in [-0.2, -0.15) is 0 Å². The first-order valence-corrected chi connectivity index (χ1v) is 8.32. The van der Waals surface area contributed by atoms with E-state index >= 15 is 0 Å². The zero-order valence-electron chi connectivity index (χ0n) is 12.8. The zero-order valence-corrected chi connectivity index (χ0v) is 13.6. The quantitative estimate of drug-likeness (QED) is 0.914. The third-order valence-electron chi connectivity index (χ3n) is 3.65. The van der Waals surface area contributed by atoms with Gasteiger partial charge in [0.15, 0.2) is 0 Å². The van der Waals surface area contributed by atoms with Gasteiger partial charge in [-0.25, -0.2) is 15.0 Å². The Morgan fingerprint density at radius 1 is 1.36 bits per heavy atom. The molecule has 0 aromatic carbocycles. The summed E-state index contributed by atoms with van der Waals surface area (Å²) >= 11 is 1.39. The Balaban J connectivity index is 1.80.